The van der Waals surface area contributed by atoms with Crippen molar-refractivity contribution >= 4 is 23.3 Å². The topological polar surface area (TPSA) is 44.5 Å². The molecule has 0 saturated carbocycles. The van der Waals surface area contributed by atoms with Crippen molar-refractivity contribution in [3.8, 4) is 6.07 Å². The second-order valence-electron chi connectivity index (χ2n) is 5.46. The lowest BCUT2D eigenvalue weighted by Gasteiger charge is -2.15. The summed E-state index contributed by atoms with van der Waals surface area (Å²) in [6.07, 6.45) is 2.27. The van der Waals surface area contributed by atoms with Crippen LogP contribution >= 0.6 is 12.2 Å². The van der Waals surface area contributed by atoms with Crippen LogP contribution in [0.2, 0.25) is 0 Å². The second kappa shape index (κ2) is 5.58. The van der Waals surface area contributed by atoms with Gasteiger partial charge in [0.05, 0.1) is 22.7 Å². The highest BCUT2D eigenvalue weighted by Crippen LogP contribution is 2.24. The number of nitriles is 1. The monoisotopic (exact) mass is 273 g/mol. The van der Waals surface area contributed by atoms with Gasteiger partial charge >= 0.3 is 0 Å². The molecule has 0 fully saturated rings. The van der Waals surface area contributed by atoms with Gasteiger partial charge in [0.1, 0.15) is 0 Å². The van der Waals surface area contributed by atoms with Crippen LogP contribution in [-0.2, 0) is 0 Å². The Bertz CT molecular complexity index is 673. The number of benzene rings is 1. The minimum absolute atomic E-state index is 0.345. The van der Waals surface area contributed by atoms with E-state index >= 15 is 0 Å². The van der Waals surface area contributed by atoms with E-state index in [-0.39, 0.29) is 0 Å². The molecule has 1 unspecified atom stereocenters. The van der Waals surface area contributed by atoms with Gasteiger partial charge in [0, 0.05) is 6.04 Å². The molecule has 0 saturated heterocycles. The number of aromatic nitrogens is 2. The number of fused-ring (bicyclic) bond motifs is 1. The van der Waals surface area contributed by atoms with E-state index < -0.39 is 0 Å². The number of hydrogen-bond donors (Lipinski definition) is 1. The summed E-state index contributed by atoms with van der Waals surface area (Å²) in [6, 6.07) is 8.18. The van der Waals surface area contributed by atoms with Gasteiger partial charge in [-0.1, -0.05) is 13.8 Å². The molecule has 0 radical (unpaired) electrons. The highest BCUT2D eigenvalue weighted by atomic mass is 32.1. The summed E-state index contributed by atoms with van der Waals surface area (Å²) in [5.41, 5.74) is 2.70. The Kier molecular flexibility index (Phi) is 4.06. The fourth-order valence-corrected chi connectivity index (χ4v) is 2.72. The molecule has 1 heterocycles. The highest BCUT2D eigenvalue weighted by molar-refractivity contribution is 7.71. The molecule has 3 nitrogen and oxygen atoms in total. The van der Waals surface area contributed by atoms with Gasteiger partial charge in [0.2, 0.25) is 0 Å². The molecule has 0 aliphatic heterocycles. The summed E-state index contributed by atoms with van der Waals surface area (Å²) in [4.78, 5) is 3.22. The standard InChI is InChI=1S/C15H19N3S/c1-10(2)4-5-11(3)18-14-8-12(9-16)6-7-13(14)17-15(18)19/h6-8,10-11H,4-5H2,1-3H3,(H,17,19). The predicted molar refractivity (Wildman–Crippen MR) is 80.6 cm³/mol. The Morgan fingerprint density at radius 2 is 2.05 bits per heavy atom. The normalized spacial score (nSPS) is 12.8. The molecule has 2 aromatic rings. The quantitative estimate of drug-likeness (QED) is 0.829. The van der Waals surface area contributed by atoms with Crippen molar-refractivity contribution in [2.24, 2.45) is 5.92 Å². The Morgan fingerprint density at radius 1 is 1.32 bits per heavy atom. The third-order valence-corrected chi connectivity index (χ3v) is 3.75. The summed E-state index contributed by atoms with van der Waals surface area (Å²) in [5, 5.41) is 9.01. The molecular weight excluding hydrogens is 254 g/mol. The number of rotatable bonds is 4. The van der Waals surface area contributed by atoms with Gasteiger partial charge in [0.25, 0.3) is 0 Å². The maximum absolute atomic E-state index is 9.01. The number of nitrogens with zero attached hydrogens (tertiary/aromatic N) is 2. The SMILES string of the molecule is CC(C)CCC(C)n1c(=S)[nH]c2ccc(C#N)cc21. The zero-order valence-electron chi connectivity index (χ0n) is 11.6. The van der Waals surface area contributed by atoms with Crippen LogP contribution < -0.4 is 0 Å². The fraction of sp³-hybridized carbons (Fsp3) is 0.467. The van der Waals surface area contributed by atoms with Crippen LogP contribution in [0, 0.1) is 22.0 Å². The summed E-state index contributed by atoms with van der Waals surface area (Å²) in [6.45, 7) is 6.65. The van der Waals surface area contributed by atoms with E-state index in [4.69, 9.17) is 17.5 Å². The third kappa shape index (κ3) is 2.87. The Labute approximate surface area is 118 Å². The molecule has 0 aliphatic carbocycles. The molecule has 1 N–H and O–H groups in total. The lowest BCUT2D eigenvalue weighted by atomic mass is 10.0. The molecule has 1 aromatic carbocycles. The van der Waals surface area contributed by atoms with Crippen LogP contribution in [0.15, 0.2) is 18.2 Å². The maximum Gasteiger partial charge on any atom is 0.178 e. The fourth-order valence-electron chi connectivity index (χ4n) is 2.33. The smallest absolute Gasteiger partial charge is 0.178 e. The number of imidazole rings is 1. The first-order chi connectivity index (χ1) is 9.02. The van der Waals surface area contributed by atoms with Gasteiger partial charge in [-0.25, -0.2) is 0 Å². The predicted octanol–water partition coefficient (Wildman–Crippen LogP) is 4.57. The zero-order valence-corrected chi connectivity index (χ0v) is 12.4. The minimum Gasteiger partial charge on any atom is -0.331 e. The van der Waals surface area contributed by atoms with Crippen LogP contribution in [0.4, 0.5) is 0 Å². The molecular formula is C15H19N3S. The second-order valence-corrected chi connectivity index (χ2v) is 5.85. The summed E-state index contributed by atoms with van der Waals surface area (Å²) in [7, 11) is 0. The Balaban J connectivity index is 2.44. The number of hydrogen-bond acceptors (Lipinski definition) is 2. The van der Waals surface area contributed by atoms with Gasteiger partial charge in [-0.15, -0.1) is 0 Å². The van der Waals surface area contributed by atoms with Crippen LogP contribution in [0.1, 0.15) is 45.2 Å². The van der Waals surface area contributed by atoms with E-state index in [0.29, 0.717) is 17.5 Å². The average Bonchev–Trinajstić information content (AvgIpc) is 2.70. The van der Waals surface area contributed by atoms with E-state index in [1.807, 2.05) is 18.2 Å². The van der Waals surface area contributed by atoms with Gasteiger partial charge in [0.15, 0.2) is 4.77 Å². The van der Waals surface area contributed by atoms with Gasteiger partial charge in [-0.05, 0) is 56.1 Å². The van der Waals surface area contributed by atoms with Crippen molar-refractivity contribution in [3.63, 3.8) is 0 Å². The molecule has 1 atom stereocenters. The largest absolute Gasteiger partial charge is 0.331 e. The number of aromatic amines is 1. The first-order valence-corrected chi connectivity index (χ1v) is 7.08. The lowest BCUT2D eigenvalue weighted by Crippen LogP contribution is -2.06. The van der Waals surface area contributed by atoms with Crippen LogP contribution in [-0.4, -0.2) is 9.55 Å². The number of nitrogens with one attached hydrogen (secondary N) is 1. The summed E-state index contributed by atoms with van der Waals surface area (Å²) < 4.78 is 2.87. The van der Waals surface area contributed by atoms with Gasteiger partial charge in [-0.2, -0.15) is 5.26 Å². The van der Waals surface area contributed by atoms with E-state index in [1.165, 1.54) is 6.42 Å². The van der Waals surface area contributed by atoms with E-state index in [9.17, 15) is 0 Å². The van der Waals surface area contributed by atoms with Crippen molar-refractivity contribution in [1.29, 1.82) is 5.26 Å². The van der Waals surface area contributed by atoms with Crippen molar-refractivity contribution < 1.29 is 0 Å². The van der Waals surface area contributed by atoms with E-state index in [0.717, 1.165) is 22.2 Å². The van der Waals surface area contributed by atoms with Crippen molar-refractivity contribution in [2.75, 3.05) is 0 Å². The van der Waals surface area contributed by atoms with Crippen molar-refractivity contribution in [3.05, 3.63) is 28.5 Å². The highest BCUT2D eigenvalue weighted by Gasteiger charge is 2.12. The molecule has 2 rings (SSSR count). The molecule has 0 aliphatic rings. The molecule has 0 bridgehead atoms. The Morgan fingerprint density at radius 3 is 2.68 bits per heavy atom. The minimum atomic E-state index is 0.345. The zero-order chi connectivity index (χ0) is 14.0. The molecule has 0 spiro atoms. The number of H-pyrrole nitrogens is 1. The van der Waals surface area contributed by atoms with Gasteiger partial charge < -0.3 is 9.55 Å². The lowest BCUT2D eigenvalue weighted by molar-refractivity contribution is 0.443. The maximum atomic E-state index is 9.01. The molecule has 0 amide bonds. The molecule has 1 aromatic heterocycles. The van der Waals surface area contributed by atoms with E-state index in [1.54, 1.807) is 0 Å². The van der Waals surface area contributed by atoms with Crippen molar-refractivity contribution in [2.45, 2.75) is 39.7 Å². The van der Waals surface area contributed by atoms with E-state index in [2.05, 4.69) is 36.4 Å². The van der Waals surface area contributed by atoms with Crippen molar-refractivity contribution in [1.82, 2.24) is 9.55 Å². The molecule has 19 heavy (non-hydrogen) atoms. The Hall–Kier alpha value is -1.60. The van der Waals surface area contributed by atoms with Crippen LogP contribution in [0.5, 0.6) is 0 Å². The van der Waals surface area contributed by atoms with Crippen LogP contribution in [0.3, 0.4) is 0 Å². The third-order valence-electron chi connectivity index (χ3n) is 3.45. The molecule has 100 valence electrons. The average molecular weight is 273 g/mol. The van der Waals surface area contributed by atoms with Crippen LogP contribution in [0.25, 0.3) is 11.0 Å². The molecule has 4 heteroatoms. The summed E-state index contributed by atoms with van der Waals surface area (Å²) in [5.74, 6) is 0.691. The summed E-state index contributed by atoms with van der Waals surface area (Å²) >= 11 is 5.41. The first kappa shape index (κ1) is 13.8. The first-order valence-electron chi connectivity index (χ1n) is 6.67. The van der Waals surface area contributed by atoms with Gasteiger partial charge in [-0.3, -0.25) is 0 Å².